The first kappa shape index (κ1) is 13.8. The molecule has 0 fully saturated rings. The number of amides is 1. The van der Waals surface area contributed by atoms with Gasteiger partial charge in [-0.1, -0.05) is 11.6 Å². The molecule has 0 aliphatic heterocycles. The third-order valence-corrected chi connectivity index (χ3v) is 2.20. The van der Waals surface area contributed by atoms with E-state index in [0.29, 0.717) is 16.5 Å². The lowest BCUT2D eigenvalue weighted by Crippen LogP contribution is -2.19. The number of hydrogen-bond donors (Lipinski definition) is 2. The number of ether oxygens (including phenoxy) is 2. The van der Waals surface area contributed by atoms with Crippen molar-refractivity contribution in [1.29, 1.82) is 0 Å². The van der Waals surface area contributed by atoms with Gasteiger partial charge in [-0.15, -0.1) is 0 Å². The van der Waals surface area contributed by atoms with E-state index in [1.54, 1.807) is 18.2 Å². The number of carbonyl (C=O) groups is 1. The third-order valence-electron chi connectivity index (χ3n) is 1.90. The summed E-state index contributed by atoms with van der Waals surface area (Å²) in [5, 5.41) is 11.5. The Morgan fingerprint density at radius 1 is 1.53 bits per heavy atom. The fraction of sp³-hybridized carbons (Fsp3) is 0.364. The fourth-order valence-corrected chi connectivity index (χ4v) is 1.43. The zero-order valence-electron chi connectivity index (χ0n) is 9.40. The van der Waals surface area contributed by atoms with E-state index in [0.717, 1.165) is 0 Å². The number of aliphatic hydroxyl groups excluding tert-OH is 1. The van der Waals surface area contributed by atoms with Gasteiger partial charge in [-0.2, -0.15) is 0 Å². The summed E-state index contributed by atoms with van der Waals surface area (Å²) >= 11 is 5.90. The lowest BCUT2D eigenvalue weighted by Gasteiger charge is -2.08. The van der Waals surface area contributed by atoms with Crippen molar-refractivity contribution in [3.05, 3.63) is 23.2 Å². The quantitative estimate of drug-likeness (QED) is 0.756. The standard InChI is InChI=1S/C11H14ClNO4/c1-16-10-3-2-8(6-9(10)12)13-11(15)7-17-5-4-14/h2-3,6,14H,4-5,7H2,1H3,(H,13,15). The summed E-state index contributed by atoms with van der Waals surface area (Å²) in [5.74, 6) is 0.237. The molecule has 0 aromatic heterocycles. The predicted molar refractivity (Wildman–Crippen MR) is 64.5 cm³/mol. The Morgan fingerprint density at radius 3 is 2.88 bits per heavy atom. The molecular weight excluding hydrogens is 246 g/mol. The molecule has 0 atom stereocenters. The smallest absolute Gasteiger partial charge is 0.250 e. The Bertz CT molecular complexity index is 384. The molecule has 1 amide bonds. The van der Waals surface area contributed by atoms with Crippen LogP contribution < -0.4 is 10.1 Å². The van der Waals surface area contributed by atoms with E-state index in [4.69, 9.17) is 26.2 Å². The van der Waals surface area contributed by atoms with Crippen molar-refractivity contribution in [2.24, 2.45) is 0 Å². The van der Waals surface area contributed by atoms with Crippen LogP contribution >= 0.6 is 11.6 Å². The molecule has 0 unspecified atom stereocenters. The Morgan fingerprint density at radius 2 is 2.29 bits per heavy atom. The maximum atomic E-state index is 11.4. The number of nitrogens with one attached hydrogen (secondary N) is 1. The van der Waals surface area contributed by atoms with Gasteiger partial charge in [0, 0.05) is 5.69 Å². The SMILES string of the molecule is COc1ccc(NC(=O)COCCO)cc1Cl. The van der Waals surface area contributed by atoms with Crippen LogP contribution in [0.2, 0.25) is 5.02 Å². The van der Waals surface area contributed by atoms with Gasteiger partial charge in [0.2, 0.25) is 5.91 Å². The molecular formula is C11H14ClNO4. The maximum Gasteiger partial charge on any atom is 0.250 e. The molecule has 1 aromatic rings. The topological polar surface area (TPSA) is 67.8 Å². The highest BCUT2D eigenvalue weighted by Gasteiger charge is 2.05. The van der Waals surface area contributed by atoms with Gasteiger partial charge in [-0.05, 0) is 18.2 Å². The number of rotatable bonds is 6. The van der Waals surface area contributed by atoms with Crippen molar-refractivity contribution in [2.45, 2.75) is 0 Å². The van der Waals surface area contributed by atoms with Gasteiger partial charge in [-0.3, -0.25) is 4.79 Å². The van der Waals surface area contributed by atoms with Crippen molar-refractivity contribution in [3.63, 3.8) is 0 Å². The number of methoxy groups -OCH3 is 1. The molecule has 94 valence electrons. The van der Waals surface area contributed by atoms with Crippen molar-refractivity contribution in [3.8, 4) is 5.75 Å². The van der Waals surface area contributed by atoms with E-state index >= 15 is 0 Å². The van der Waals surface area contributed by atoms with Gasteiger partial charge in [-0.25, -0.2) is 0 Å². The minimum atomic E-state index is -0.306. The highest BCUT2D eigenvalue weighted by atomic mass is 35.5. The molecule has 0 spiro atoms. The van der Waals surface area contributed by atoms with Gasteiger partial charge in [0.1, 0.15) is 12.4 Å². The van der Waals surface area contributed by atoms with E-state index < -0.39 is 0 Å². The molecule has 0 saturated carbocycles. The molecule has 0 aliphatic rings. The highest BCUT2D eigenvalue weighted by molar-refractivity contribution is 6.32. The summed E-state index contributed by atoms with van der Waals surface area (Å²) in [7, 11) is 1.52. The number of anilines is 1. The van der Waals surface area contributed by atoms with E-state index in [2.05, 4.69) is 5.32 Å². The average Bonchev–Trinajstić information content (AvgIpc) is 2.29. The molecule has 0 aliphatic carbocycles. The second-order valence-electron chi connectivity index (χ2n) is 3.17. The van der Waals surface area contributed by atoms with Crippen LogP contribution in [0.1, 0.15) is 0 Å². The summed E-state index contributed by atoms with van der Waals surface area (Å²) in [6.45, 7) is -0.0807. The Balaban J connectivity index is 2.51. The summed E-state index contributed by atoms with van der Waals surface area (Å²) in [6, 6.07) is 4.92. The first-order chi connectivity index (χ1) is 8.17. The van der Waals surface area contributed by atoms with E-state index in [1.165, 1.54) is 7.11 Å². The molecule has 6 heteroatoms. The summed E-state index contributed by atoms with van der Waals surface area (Å²) in [4.78, 5) is 11.4. The summed E-state index contributed by atoms with van der Waals surface area (Å²) in [5.41, 5.74) is 0.563. The number of halogens is 1. The maximum absolute atomic E-state index is 11.4. The van der Waals surface area contributed by atoms with Crippen LogP contribution in [0.25, 0.3) is 0 Å². The monoisotopic (exact) mass is 259 g/mol. The second kappa shape index (κ2) is 7.11. The second-order valence-corrected chi connectivity index (χ2v) is 3.58. The van der Waals surface area contributed by atoms with Crippen LogP contribution in [-0.2, 0) is 9.53 Å². The third kappa shape index (κ3) is 4.60. The molecule has 5 nitrogen and oxygen atoms in total. The number of hydrogen-bond acceptors (Lipinski definition) is 4. The van der Waals surface area contributed by atoms with E-state index in [9.17, 15) is 4.79 Å². The van der Waals surface area contributed by atoms with Gasteiger partial charge in [0.05, 0.1) is 25.3 Å². The molecule has 0 radical (unpaired) electrons. The van der Waals surface area contributed by atoms with Crippen LogP contribution in [0.5, 0.6) is 5.75 Å². The molecule has 1 rings (SSSR count). The molecule has 0 heterocycles. The minimum Gasteiger partial charge on any atom is -0.495 e. The molecule has 1 aromatic carbocycles. The molecule has 2 N–H and O–H groups in total. The molecule has 0 bridgehead atoms. The summed E-state index contributed by atoms with van der Waals surface area (Å²) < 4.78 is 9.86. The number of carbonyl (C=O) groups excluding carboxylic acids is 1. The molecule has 0 saturated heterocycles. The first-order valence-electron chi connectivity index (χ1n) is 4.99. The van der Waals surface area contributed by atoms with Crippen molar-refractivity contribution >= 4 is 23.2 Å². The van der Waals surface area contributed by atoms with E-state index in [1.807, 2.05) is 0 Å². The van der Waals surface area contributed by atoms with E-state index in [-0.39, 0.29) is 25.7 Å². The van der Waals surface area contributed by atoms with Gasteiger partial charge in [0.25, 0.3) is 0 Å². The number of benzene rings is 1. The van der Waals surface area contributed by atoms with Crippen LogP contribution in [0.4, 0.5) is 5.69 Å². The van der Waals surface area contributed by atoms with Crippen LogP contribution in [0.15, 0.2) is 18.2 Å². The minimum absolute atomic E-state index is 0.107. The Kier molecular flexibility index (Phi) is 5.76. The number of aliphatic hydroxyl groups is 1. The normalized spacial score (nSPS) is 10.1. The van der Waals surface area contributed by atoms with Gasteiger partial charge in [0.15, 0.2) is 0 Å². The largest absolute Gasteiger partial charge is 0.495 e. The summed E-state index contributed by atoms with van der Waals surface area (Å²) in [6.07, 6.45) is 0. The zero-order chi connectivity index (χ0) is 12.7. The van der Waals surface area contributed by atoms with Gasteiger partial charge >= 0.3 is 0 Å². The highest BCUT2D eigenvalue weighted by Crippen LogP contribution is 2.27. The Hall–Kier alpha value is -1.30. The zero-order valence-corrected chi connectivity index (χ0v) is 10.2. The van der Waals surface area contributed by atoms with Crippen LogP contribution in [0.3, 0.4) is 0 Å². The van der Waals surface area contributed by atoms with Crippen molar-refractivity contribution in [2.75, 3.05) is 32.2 Å². The van der Waals surface area contributed by atoms with Crippen molar-refractivity contribution in [1.82, 2.24) is 0 Å². The van der Waals surface area contributed by atoms with Crippen LogP contribution in [-0.4, -0.2) is 37.9 Å². The predicted octanol–water partition coefficient (Wildman–Crippen LogP) is 1.30. The first-order valence-corrected chi connectivity index (χ1v) is 5.37. The van der Waals surface area contributed by atoms with Crippen molar-refractivity contribution < 1.29 is 19.4 Å². The fourth-order valence-electron chi connectivity index (χ4n) is 1.17. The lowest BCUT2D eigenvalue weighted by molar-refractivity contribution is -0.120. The lowest BCUT2D eigenvalue weighted by atomic mass is 10.3. The Labute approximate surface area is 104 Å². The van der Waals surface area contributed by atoms with Crippen LogP contribution in [0, 0.1) is 0 Å². The van der Waals surface area contributed by atoms with Gasteiger partial charge < -0.3 is 19.9 Å². The average molecular weight is 260 g/mol. The molecule has 17 heavy (non-hydrogen) atoms.